The molecule has 0 aliphatic carbocycles. The van der Waals surface area contributed by atoms with E-state index < -0.39 is 0 Å². The van der Waals surface area contributed by atoms with Gasteiger partial charge in [0, 0.05) is 0 Å². The molecule has 0 saturated heterocycles. The van der Waals surface area contributed by atoms with Gasteiger partial charge in [-0.15, -0.1) is 0 Å². The van der Waals surface area contributed by atoms with E-state index in [1.807, 2.05) is 19.1 Å². The average Bonchev–Trinajstić information content (AvgIpc) is 2.76. The van der Waals surface area contributed by atoms with Gasteiger partial charge in [-0.25, -0.2) is 4.79 Å². The normalized spacial score (nSPS) is 11.5. The molecule has 1 aromatic carbocycles. The van der Waals surface area contributed by atoms with Gasteiger partial charge in [0.15, 0.2) is 0 Å². The zero-order chi connectivity index (χ0) is 22.2. The van der Waals surface area contributed by atoms with Crippen molar-refractivity contribution in [3.8, 4) is 6.08 Å². The number of ether oxygens (including phenoxy) is 1. The molecule has 0 aliphatic rings. The molecule has 0 amide bonds. The summed E-state index contributed by atoms with van der Waals surface area (Å²) in [5.41, 5.74) is 1.26. The Morgan fingerprint density at radius 2 is 1.48 bits per heavy atom. The van der Waals surface area contributed by atoms with Crippen molar-refractivity contribution in [1.82, 2.24) is 4.98 Å². The van der Waals surface area contributed by atoms with Crippen LogP contribution in [-0.2, 0) is 0 Å². The van der Waals surface area contributed by atoms with E-state index in [-0.39, 0.29) is 11.7 Å². The fourth-order valence-corrected chi connectivity index (χ4v) is 3.74. The Morgan fingerprint density at radius 1 is 0.871 bits per heavy atom. The van der Waals surface area contributed by atoms with Gasteiger partial charge in [0.05, 0.1) is 17.5 Å². The van der Waals surface area contributed by atoms with Crippen molar-refractivity contribution >= 4 is 10.9 Å². The highest BCUT2D eigenvalue weighted by molar-refractivity contribution is 5.77. The summed E-state index contributed by atoms with van der Waals surface area (Å²) in [6.45, 7) is 4.74. The topological polar surface area (TPSA) is 52.3 Å². The van der Waals surface area contributed by atoms with Gasteiger partial charge in [0.25, 0.3) is 0 Å². The second-order valence-corrected chi connectivity index (χ2v) is 8.57. The van der Waals surface area contributed by atoms with Gasteiger partial charge in [0.2, 0.25) is 0 Å². The number of unbranched alkanes of at least 4 members (excludes halogenated alkanes) is 12. The highest BCUT2D eigenvalue weighted by atomic mass is 16.6. The molecule has 0 N–H and O–H groups in total. The van der Waals surface area contributed by atoms with Crippen molar-refractivity contribution in [2.24, 2.45) is 0 Å². The van der Waals surface area contributed by atoms with E-state index in [1.54, 1.807) is 6.07 Å². The summed E-state index contributed by atoms with van der Waals surface area (Å²) < 4.78 is 10.7. The smallest absolute Gasteiger partial charge is 0.397 e. The van der Waals surface area contributed by atoms with Crippen molar-refractivity contribution in [3.05, 3.63) is 46.3 Å². The minimum Gasteiger partial charge on any atom is -0.450 e. The van der Waals surface area contributed by atoms with E-state index in [0.717, 1.165) is 18.4 Å². The van der Waals surface area contributed by atoms with E-state index in [4.69, 9.17) is 9.15 Å². The van der Waals surface area contributed by atoms with Crippen molar-refractivity contribution in [3.63, 3.8) is 0 Å². The predicted octanol–water partition coefficient (Wildman–Crippen LogP) is 7.91. The highest BCUT2D eigenvalue weighted by Gasteiger charge is 2.07. The van der Waals surface area contributed by atoms with Crippen LogP contribution in [0.3, 0.4) is 0 Å². The Bertz CT molecular complexity index is 825. The number of aromatic nitrogens is 1. The second kappa shape index (κ2) is 15.7. The van der Waals surface area contributed by atoms with E-state index in [2.05, 4.69) is 24.1 Å². The molecule has 172 valence electrons. The highest BCUT2D eigenvalue weighted by Crippen LogP contribution is 2.15. The molecule has 31 heavy (non-hydrogen) atoms. The van der Waals surface area contributed by atoms with Crippen LogP contribution >= 0.6 is 0 Å². The molecular weight excluding hydrogens is 386 g/mol. The molecule has 0 aliphatic heterocycles. The van der Waals surface area contributed by atoms with Gasteiger partial charge in [-0.2, -0.15) is 4.98 Å². The molecule has 2 rings (SSSR count). The van der Waals surface area contributed by atoms with Gasteiger partial charge < -0.3 is 9.15 Å². The van der Waals surface area contributed by atoms with Crippen LogP contribution in [0.2, 0.25) is 0 Å². The maximum atomic E-state index is 12.0. The molecule has 0 saturated carbocycles. The van der Waals surface area contributed by atoms with Crippen molar-refractivity contribution in [1.29, 1.82) is 0 Å². The molecule has 2 aromatic rings. The Kier molecular flexibility index (Phi) is 12.7. The summed E-state index contributed by atoms with van der Waals surface area (Å²) in [5.74, 6) is 0. The Labute approximate surface area is 188 Å². The van der Waals surface area contributed by atoms with Crippen LogP contribution in [0.15, 0.2) is 39.6 Å². The first-order valence-electron chi connectivity index (χ1n) is 12.4. The van der Waals surface area contributed by atoms with Crippen molar-refractivity contribution < 1.29 is 9.15 Å². The van der Waals surface area contributed by atoms with Gasteiger partial charge in [-0.1, -0.05) is 88.5 Å². The number of allylic oxidation sites excluding steroid dienone is 2. The summed E-state index contributed by atoms with van der Waals surface area (Å²) in [6, 6.07) is 5.56. The van der Waals surface area contributed by atoms with E-state index in [1.165, 1.54) is 77.0 Å². The quantitative estimate of drug-likeness (QED) is 0.190. The summed E-state index contributed by atoms with van der Waals surface area (Å²) in [7, 11) is 0. The molecule has 0 radical (unpaired) electrons. The molecule has 4 nitrogen and oxygen atoms in total. The molecule has 1 heterocycles. The van der Waals surface area contributed by atoms with Gasteiger partial charge in [0.1, 0.15) is 0 Å². The van der Waals surface area contributed by atoms with Crippen LogP contribution in [0.25, 0.3) is 10.9 Å². The third-order valence-electron chi connectivity index (χ3n) is 5.65. The molecule has 0 fully saturated rings. The number of aryl methyl sites for hydroxylation is 1. The number of rotatable bonds is 17. The molecule has 4 heteroatoms. The first-order valence-corrected chi connectivity index (χ1v) is 12.4. The summed E-state index contributed by atoms with van der Waals surface area (Å²) >= 11 is 0. The van der Waals surface area contributed by atoms with Crippen LogP contribution in [-0.4, -0.2) is 11.6 Å². The fourth-order valence-electron chi connectivity index (χ4n) is 3.74. The lowest BCUT2D eigenvalue weighted by Crippen LogP contribution is -2.06. The zero-order valence-electron chi connectivity index (χ0n) is 19.7. The molecule has 1 aromatic heterocycles. The Hall–Kier alpha value is -2.10. The largest absolute Gasteiger partial charge is 0.450 e. The van der Waals surface area contributed by atoms with Crippen LogP contribution in [0.1, 0.15) is 102 Å². The molecular formula is C27H41NO3. The lowest BCUT2D eigenvalue weighted by atomic mass is 10.1. The predicted molar refractivity (Wildman–Crippen MR) is 130 cm³/mol. The van der Waals surface area contributed by atoms with E-state index in [9.17, 15) is 4.79 Å². The summed E-state index contributed by atoms with van der Waals surface area (Å²) in [4.78, 5) is 16.3. The number of hydrogen-bond donors (Lipinski definition) is 0. The van der Waals surface area contributed by atoms with Gasteiger partial charge >= 0.3 is 11.7 Å². The summed E-state index contributed by atoms with van der Waals surface area (Å²) in [5, 5.41) is 0.505. The van der Waals surface area contributed by atoms with E-state index >= 15 is 0 Å². The standard InChI is InChI=1S/C27H41NO3/c1-3-4-5-6-7-8-9-10-11-12-13-14-15-16-17-18-21-30-27-28-25-20-19-23(2)22-24(25)26(29)31-27/h8-9,19-20,22H,3-7,10-18,21H2,1-2H3/b9-8+. The first kappa shape index (κ1) is 25.2. The van der Waals surface area contributed by atoms with Crippen LogP contribution in [0.5, 0.6) is 6.08 Å². The number of nitrogens with zero attached hydrogens (tertiary/aromatic N) is 1. The average molecular weight is 428 g/mol. The maximum absolute atomic E-state index is 12.0. The maximum Gasteiger partial charge on any atom is 0.397 e. The Morgan fingerprint density at radius 3 is 2.16 bits per heavy atom. The van der Waals surface area contributed by atoms with Crippen molar-refractivity contribution in [2.45, 2.75) is 104 Å². The van der Waals surface area contributed by atoms with Gasteiger partial charge in [-0.3, -0.25) is 0 Å². The van der Waals surface area contributed by atoms with Crippen LogP contribution in [0.4, 0.5) is 0 Å². The number of fused-ring (bicyclic) bond motifs is 1. The lowest BCUT2D eigenvalue weighted by molar-refractivity contribution is 0.211. The fraction of sp³-hybridized carbons (Fsp3) is 0.630. The first-order chi connectivity index (χ1) is 15.2. The Balaban J connectivity index is 1.43. The zero-order valence-corrected chi connectivity index (χ0v) is 19.7. The van der Waals surface area contributed by atoms with E-state index in [0.29, 0.717) is 17.5 Å². The molecule has 0 atom stereocenters. The summed E-state index contributed by atoms with van der Waals surface area (Å²) in [6.07, 6.45) is 22.7. The lowest BCUT2D eigenvalue weighted by Gasteiger charge is -2.05. The minimum atomic E-state index is -0.383. The second-order valence-electron chi connectivity index (χ2n) is 8.57. The number of benzene rings is 1. The number of hydrogen-bond acceptors (Lipinski definition) is 4. The molecule has 0 bridgehead atoms. The SMILES string of the molecule is CCCCCC/C=C/CCCCCCCCCCOc1nc2ccc(C)cc2c(=O)o1. The molecule has 0 unspecified atom stereocenters. The van der Waals surface area contributed by atoms with Crippen LogP contribution < -0.4 is 10.4 Å². The minimum absolute atomic E-state index is 0.0800. The molecule has 0 spiro atoms. The third kappa shape index (κ3) is 10.7. The van der Waals surface area contributed by atoms with Gasteiger partial charge in [-0.05, 0) is 51.2 Å². The third-order valence-corrected chi connectivity index (χ3v) is 5.65. The van der Waals surface area contributed by atoms with Crippen molar-refractivity contribution in [2.75, 3.05) is 6.61 Å². The van der Waals surface area contributed by atoms with Crippen LogP contribution in [0, 0.1) is 6.92 Å². The monoisotopic (exact) mass is 427 g/mol.